The SMILES string of the molecule is Cc1cc(Nc2ccc(Nc3ccc(NC(C)CC(C)C)c(C)c3)c(C)c2)ccc1Nc1ccc(NC(C)CC(C)C)c(C)c1. The molecule has 0 aliphatic rings. The highest BCUT2D eigenvalue weighted by Crippen LogP contribution is 2.31. The van der Waals surface area contributed by atoms with Crippen LogP contribution in [0.15, 0.2) is 72.8 Å². The minimum absolute atomic E-state index is 0.453. The van der Waals surface area contributed by atoms with Crippen LogP contribution in [-0.4, -0.2) is 12.1 Å². The van der Waals surface area contributed by atoms with Gasteiger partial charge in [-0.2, -0.15) is 0 Å². The molecule has 0 bridgehead atoms. The Hall–Kier alpha value is -4.12. The van der Waals surface area contributed by atoms with Gasteiger partial charge in [-0.3, -0.25) is 0 Å². The summed E-state index contributed by atoms with van der Waals surface area (Å²) in [4.78, 5) is 0. The van der Waals surface area contributed by atoms with Gasteiger partial charge in [-0.05, 0) is 161 Å². The molecule has 0 amide bonds. The van der Waals surface area contributed by atoms with Gasteiger partial charge < -0.3 is 26.6 Å². The van der Waals surface area contributed by atoms with Crippen molar-refractivity contribution in [2.45, 2.75) is 94.2 Å². The average molecular weight is 606 g/mol. The zero-order valence-electron chi connectivity index (χ0n) is 29.2. The van der Waals surface area contributed by atoms with Crippen molar-refractivity contribution in [2.75, 3.05) is 26.6 Å². The van der Waals surface area contributed by atoms with E-state index >= 15 is 0 Å². The molecule has 0 radical (unpaired) electrons. The minimum atomic E-state index is 0.453. The van der Waals surface area contributed by atoms with Crippen molar-refractivity contribution in [1.82, 2.24) is 0 Å². The van der Waals surface area contributed by atoms with Crippen molar-refractivity contribution in [3.63, 3.8) is 0 Å². The Morgan fingerprint density at radius 3 is 0.978 bits per heavy atom. The van der Waals surface area contributed by atoms with E-state index in [2.05, 4.69) is 169 Å². The molecule has 0 aliphatic carbocycles. The molecule has 4 aromatic carbocycles. The molecule has 0 heterocycles. The quantitative estimate of drug-likeness (QED) is 0.0990. The zero-order valence-corrected chi connectivity index (χ0v) is 29.2. The number of rotatable bonds is 14. The standard InChI is InChI=1S/C40H55N5/c1-25(2)19-31(9)41-37-15-13-35(23-27(37)5)44-39-17-11-33(21-29(39)7)43-34-12-18-40(30(8)22-34)45-36-14-16-38(28(6)24-36)42-32(10)20-26(3)4/h11-18,21-26,31-32,41-45H,19-20H2,1-10H3. The Labute approximate surface area is 272 Å². The summed E-state index contributed by atoms with van der Waals surface area (Å²) >= 11 is 0. The van der Waals surface area contributed by atoms with Crippen molar-refractivity contribution >= 4 is 45.5 Å². The van der Waals surface area contributed by atoms with Crippen LogP contribution in [0, 0.1) is 39.5 Å². The summed E-state index contributed by atoms with van der Waals surface area (Å²) in [5, 5.41) is 18.1. The van der Waals surface area contributed by atoms with Crippen LogP contribution in [0.2, 0.25) is 0 Å². The van der Waals surface area contributed by atoms with Gasteiger partial charge in [-0.1, -0.05) is 27.7 Å². The van der Waals surface area contributed by atoms with Gasteiger partial charge in [-0.15, -0.1) is 0 Å². The third-order valence-electron chi connectivity index (χ3n) is 8.21. The highest BCUT2D eigenvalue weighted by molar-refractivity contribution is 5.73. The highest BCUT2D eigenvalue weighted by atomic mass is 14.9. The van der Waals surface area contributed by atoms with Gasteiger partial charge in [0.2, 0.25) is 0 Å². The van der Waals surface area contributed by atoms with E-state index in [1.165, 1.54) is 33.6 Å². The molecule has 240 valence electrons. The third-order valence-corrected chi connectivity index (χ3v) is 8.21. The number of anilines is 8. The molecule has 0 saturated heterocycles. The Morgan fingerprint density at radius 1 is 0.400 bits per heavy atom. The second-order valence-corrected chi connectivity index (χ2v) is 13.8. The maximum Gasteiger partial charge on any atom is 0.0415 e. The maximum absolute atomic E-state index is 3.67. The molecular weight excluding hydrogens is 550 g/mol. The maximum atomic E-state index is 3.67. The predicted molar refractivity (Wildman–Crippen MR) is 200 cm³/mol. The molecule has 4 rings (SSSR count). The summed E-state index contributed by atoms with van der Waals surface area (Å²) in [6.45, 7) is 22.2. The van der Waals surface area contributed by atoms with E-state index in [1.807, 2.05) is 0 Å². The molecule has 5 heteroatoms. The van der Waals surface area contributed by atoms with E-state index in [9.17, 15) is 0 Å². The fourth-order valence-electron chi connectivity index (χ4n) is 6.11. The van der Waals surface area contributed by atoms with Crippen molar-refractivity contribution in [1.29, 1.82) is 0 Å². The summed E-state index contributed by atoms with van der Waals surface area (Å²) < 4.78 is 0. The van der Waals surface area contributed by atoms with Gasteiger partial charge >= 0.3 is 0 Å². The van der Waals surface area contributed by atoms with E-state index in [0.29, 0.717) is 23.9 Å². The normalized spacial score (nSPS) is 12.6. The minimum Gasteiger partial charge on any atom is -0.382 e. The fourth-order valence-corrected chi connectivity index (χ4v) is 6.11. The van der Waals surface area contributed by atoms with Crippen molar-refractivity contribution in [2.24, 2.45) is 11.8 Å². The lowest BCUT2D eigenvalue weighted by atomic mass is 10.0. The molecular formula is C40H55N5. The molecule has 4 aromatic rings. The van der Waals surface area contributed by atoms with Crippen LogP contribution in [0.25, 0.3) is 0 Å². The van der Waals surface area contributed by atoms with Gasteiger partial charge in [0.1, 0.15) is 0 Å². The second-order valence-electron chi connectivity index (χ2n) is 13.8. The van der Waals surface area contributed by atoms with E-state index in [4.69, 9.17) is 0 Å². The Bertz CT molecular complexity index is 1450. The molecule has 0 spiro atoms. The average Bonchev–Trinajstić information content (AvgIpc) is 2.94. The van der Waals surface area contributed by atoms with Gasteiger partial charge in [0.15, 0.2) is 0 Å². The summed E-state index contributed by atoms with van der Waals surface area (Å²) in [5.41, 5.74) is 13.8. The van der Waals surface area contributed by atoms with E-state index in [1.54, 1.807) is 0 Å². The van der Waals surface area contributed by atoms with Crippen LogP contribution >= 0.6 is 0 Å². The molecule has 45 heavy (non-hydrogen) atoms. The largest absolute Gasteiger partial charge is 0.382 e. The van der Waals surface area contributed by atoms with Gasteiger partial charge in [0.25, 0.3) is 0 Å². The van der Waals surface area contributed by atoms with Gasteiger partial charge in [0.05, 0.1) is 0 Å². The van der Waals surface area contributed by atoms with E-state index in [0.717, 1.165) is 47.0 Å². The first-order valence-electron chi connectivity index (χ1n) is 16.6. The summed E-state index contributed by atoms with van der Waals surface area (Å²) in [6, 6.07) is 27.0. The molecule has 5 nitrogen and oxygen atoms in total. The number of hydrogen-bond donors (Lipinski definition) is 5. The van der Waals surface area contributed by atoms with E-state index < -0.39 is 0 Å². The van der Waals surface area contributed by atoms with Crippen LogP contribution in [0.4, 0.5) is 45.5 Å². The second kappa shape index (κ2) is 15.2. The molecule has 5 N–H and O–H groups in total. The lowest BCUT2D eigenvalue weighted by Gasteiger charge is -2.20. The Morgan fingerprint density at radius 2 is 0.689 bits per heavy atom. The molecule has 0 fully saturated rings. The van der Waals surface area contributed by atoms with Crippen LogP contribution in [0.3, 0.4) is 0 Å². The molecule has 0 aliphatic heterocycles. The monoisotopic (exact) mass is 605 g/mol. The first-order chi connectivity index (χ1) is 21.4. The smallest absolute Gasteiger partial charge is 0.0415 e. The fraction of sp³-hybridized carbons (Fsp3) is 0.400. The molecule has 0 aromatic heterocycles. The predicted octanol–water partition coefficient (Wildman–Crippen LogP) is 11.8. The lowest BCUT2D eigenvalue weighted by molar-refractivity contribution is 0.539. The van der Waals surface area contributed by atoms with Crippen LogP contribution in [0.1, 0.15) is 76.6 Å². The highest BCUT2D eigenvalue weighted by Gasteiger charge is 2.10. The first kappa shape index (κ1) is 33.8. The van der Waals surface area contributed by atoms with Crippen LogP contribution < -0.4 is 26.6 Å². The Kier molecular flexibility index (Phi) is 11.4. The number of hydrogen-bond acceptors (Lipinski definition) is 5. The van der Waals surface area contributed by atoms with Crippen molar-refractivity contribution < 1.29 is 0 Å². The zero-order chi connectivity index (χ0) is 32.7. The van der Waals surface area contributed by atoms with Crippen LogP contribution in [0.5, 0.6) is 0 Å². The Balaban J connectivity index is 1.36. The summed E-state index contributed by atoms with van der Waals surface area (Å²) in [5.74, 6) is 1.36. The van der Waals surface area contributed by atoms with Gasteiger partial charge in [0, 0.05) is 57.6 Å². The summed E-state index contributed by atoms with van der Waals surface area (Å²) in [6.07, 6.45) is 2.31. The van der Waals surface area contributed by atoms with Crippen LogP contribution in [-0.2, 0) is 0 Å². The molecule has 0 saturated carbocycles. The number of nitrogens with one attached hydrogen (secondary N) is 5. The summed E-state index contributed by atoms with van der Waals surface area (Å²) in [7, 11) is 0. The first-order valence-corrected chi connectivity index (χ1v) is 16.6. The van der Waals surface area contributed by atoms with E-state index in [-0.39, 0.29) is 0 Å². The van der Waals surface area contributed by atoms with Gasteiger partial charge in [-0.25, -0.2) is 0 Å². The third kappa shape index (κ3) is 9.94. The van der Waals surface area contributed by atoms with Crippen molar-refractivity contribution in [3.05, 3.63) is 95.1 Å². The van der Waals surface area contributed by atoms with Crippen molar-refractivity contribution in [3.8, 4) is 0 Å². The number of aryl methyl sites for hydroxylation is 4. The topological polar surface area (TPSA) is 60.1 Å². The lowest BCUT2D eigenvalue weighted by Crippen LogP contribution is -2.18. The molecule has 2 atom stereocenters. The molecule has 2 unspecified atom stereocenters. The number of benzene rings is 4.